The molecule has 0 fully saturated rings. The van der Waals surface area contributed by atoms with Crippen LogP contribution in [0.25, 0.3) is 10.2 Å². The normalized spacial score (nSPS) is 16.8. The van der Waals surface area contributed by atoms with E-state index in [2.05, 4.69) is 11.6 Å². The van der Waals surface area contributed by atoms with Gasteiger partial charge in [0.1, 0.15) is 6.61 Å². The zero-order chi connectivity index (χ0) is 17.2. The van der Waals surface area contributed by atoms with Crippen LogP contribution in [0.3, 0.4) is 0 Å². The van der Waals surface area contributed by atoms with Gasteiger partial charge in [0.05, 0.1) is 10.2 Å². The molecule has 4 rings (SSSR count). The van der Waals surface area contributed by atoms with Crippen molar-refractivity contribution in [1.82, 2.24) is 4.57 Å². The number of amides is 1. The molecule has 1 amide bonds. The first-order valence-corrected chi connectivity index (χ1v) is 8.74. The maximum absolute atomic E-state index is 12.6. The van der Waals surface area contributed by atoms with E-state index in [9.17, 15) is 4.79 Å². The lowest BCUT2D eigenvalue weighted by atomic mass is 10.2. The number of hydrogen-bond acceptors (Lipinski definition) is 4. The second-order valence-corrected chi connectivity index (χ2v) is 6.58. The molecule has 0 N–H and O–H groups in total. The summed E-state index contributed by atoms with van der Waals surface area (Å²) in [7, 11) is 0. The molecule has 0 aliphatic carbocycles. The van der Waals surface area contributed by atoms with Crippen molar-refractivity contribution in [1.29, 1.82) is 0 Å². The van der Waals surface area contributed by atoms with Gasteiger partial charge in [-0.2, -0.15) is 4.99 Å². The van der Waals surface area contributed by atoms with Crippen molar-refractivity contribution in [2.24, 2.45) is 4.99 Å². The predicted octanol–water partition coefficient (Wildman–Crippen LogP) is 3.16. The maximum atomic E-state index is 12.6. The van der Waals surface area contributed by atoms with Crippen LogP contribution in [0.1, 0.15) is 0 Å². The lowest BCUT2D eigenvalue weighted by molar-refractivity contribution is -0.127. The van der Waals surface area contributed by atoms with Gasteiger partial charge in [0.15, 0.2) is 16.3 Å². The summed E-state index contributed by atoms with van der Waals surface area (Å²) in [6, 6.07) is 15.3. The molecule has 2 aromatic carbocycles. The summed E-state index contributed by atoms with van der Waals surface area (Å²) in [5, 5.41) is 0. The van der Waals surface area contributed by atoms with E-state index in [1.807, 2.05) is 47.0 Å². The van der Waals surface area contributed by atoms with Gasteiger partial charge in [-0.15, -0.1) is 6.58 Å². The van der Waals surface area contributed by atoms with Crippen molar-refractivity contribution >= 4 is 27.5 Å². The lowest BCUT2D eigenvalue weighted by Crippen LogP contribution is -2.36. The van der Waals surface area contributed by atoms with E-state index in [0.717, 1.165) is 10.2 Å². The molecule has 6 heteroatoms. The molecule has 0 radical (unpaired) electrons. The number of allylic oxidation sites excluding steroid dienone is 1. The highest BCUT2D eigenvalue weighted by molar-refractivity contribution is 7.16. The van der Waals surface area contributed by atoms with Crippen LogP contribution < -0.4 is 14.3 Å². The van der Waals surface area contributed by atoms with Crippen LogP contribution in [0.5, 0.6) is 11.5 Å². The highest BCUT2D eigenvalue weighted by atomic mass is 32.1. The van der Waals surface area contributed by atoms with Crippen molar-refractivity contribution < 1.29 is 14.3 Å². The van der Waals surface area contributed by atoms with Gasteiger partial charge in [-0.25, -0.2) is 0 Å². The van der Waals surface area contributed by atoms with Gasteiger partial charge in [-0.3, -0.25) is 4.79 Å². The molecule has 0 unspecified atom stereocenters. The fourth-order valence-electron chi connectivity index (χ4n) is 2.72. The molecular formula is C19H16N2O3S. The second-order valence-electron chi connectivity index (χ2n) is 5.57. The third-order valence-corrected chi connectivity index (χ3v) is 4.95. The average molecular weight is 352 g/mol. The Hall–Kier alpha value is -2.86. The third kappa shape index (κ3) is 2.96. The SMILES string of the molecule is C=CCn1c(=NC(=O)[C@H]2COc3ccccc3O2)sc2ccccc21. The van der Waals surface area contributed by atoms with E-state index in [4.69, 9.17) is 9.47 Å². The fourth-order valence-corrected chi connectivity index (χ4v) is 3.76. The number of ether oxygens (including phenoxy) is 2. The number of thiazole rings is 1. The van der Waals surface area contributed by atoms with Crippen molar-refractivity contribution in [2.45, 2.75) is 12.6 Å². The predicted molar refractivity (Wildman–Crippen MR) is 96.9 cm³/mol. The van der Waals surface area contributed by atoms with Gasteiger partial charge < -0.3 is 14.0 Å². The van der Waals surface area contributed by atoms with E-state index in [0.29, 0.717) is 22.8 Å². The van der Waals surface area contributed by atoms with E-state index >= 15 is 0 Å². The zero-order valence-electron chi connectivity index (χ0n) is 13.4. The first kappa shape index (κ1) is 15.7. The first-order valence-electron chi connectivity index (χ1n) is 7.92. The van der Waals surface area contributed by atoms with Crippen molar-refractivity contribution in [3.05, 3.63) is 66.0 Å². The molecule has 25 heavy (non-hydrogen) atoms. The molecule has 1 aromatic heterocycles. The molecule has 2 heterocycles. The molecule has 0 bridgehead atoms. The molecule has 0 saturated carbocycles. The van der Waals surface area contributed by atoms with Gasteiger partial charge in [-0.05, 0) is 24.3 Å². The second kappa shape index (κ2) is 6.57. The third-order valence-electron chi connectivity index (χ3n) is 3.89. The number of hydrogen-bond donors (Lipinski definition) is 0. The number of carbonyl (C=O) groups excluding carboxylic acids is 1. The number of para-hydroxylation sites is 3. The number of fused-ring (bicyclic) bond motifs is 2. The highest BCUT2D eigenvalue weighted by Crippen LogP contribution is 2.31. The highest BCUT2D eigenvalue weighted by Gasteiger charge is 2.27. The van der Waals surface area contributed by atoms with Gasteiger partial charge in [-0.1, -0.05) is 41.7 Å². The lowest BCUT2D eigenvalue weighted by Gasteiger charge is -2.23. The Morgan fingerprint density at radius 2 is 2.00 bits per heavy atom. The van der Waals surface area contributed by atoms with Crippen LogP contribution in [0.2, 0.25) is 0 Å². The fraction of sp³-hybridized carbons (Fsp3) is 0.158. The van der Waals surface area contributed by atoms with E-state index in [-0.39, 0.29) is 12.5 Å². The zero-order valence-corrected chi connectivity index (χ0v) is 14.2. The van der Waals surface area contributed by atoms with Gasteiger partial charge in [0.25, 0.3) is 5.91 Å². The average Bonchev–Trinajstić information content (AvgIpc) is 2.99. The number of benzene rings is 2. The van der Waals surface area contributed by atoms with E-state index < -0.39 is 6.10 Å². The van der Waals surface area contributed by atoms with Crippen LogP contribution in [0.4, 0.5) is 0 Å². The molecule has 1 aliphatic rings. The minimum atomic E-state index is -0.739. The molecule has 0 saturated heterocycles. The Bertz CT molecular complexity index is 1020. The quantitative estimate of drug-likeness (QED) is 0.681. The minimum Gasteiger partial charge on any atom is -0.485 e. The molecule has 0 spiro atoms. The smallest absolute Gasteiger partial charge is 0.292 e. The minimum absolute atomic E-state index is 0.158. The summed E-state index contributed by atoms with van der Waals surface area (Å²) in [6.07, 6.45) is 1.05. The van der Waals surface area contributed by atoms with Crippen molar-refractivity contribution in [3.8, 4) is 11.5 Å². The van der Waals surface area contributed by atoms with Crippen LogP contribution >= 0.6 is 11.3 Å². The van der Waals surface area contributed by atoms with Crippen LogP contribution in [0, 0.1) is 0 Å². The summed E-state index contributed by atoms with van der Waals surface area (Å²) in [4.78, 5) is 17.5. The van der Waals surface area contributed by atoms with Crippen molar-refractivity contribution in [3.63, 3.8) is 0 Å². The molecule has 5 nitrogen and oxygen atoms in total. The number of aromatic nitrogens is 1. The molecular weight excluding hydrogens is 336 g/mol. The van der Waals surface area contributed by atoms with Crippen molar-refractivity contribution in [2.75, 3.05) is 6.61 Å². The van der Waals surface area contributed by atoms with Gasteiger partial charge in [0, 0.05) is 6.54 Å². The van der Waals surface area contributed by atoms with E-state index in [1.54, 1.807) is 12.1 Å². The Kier molecular flexibility index (Phi) is 4.11. The first-order chi connectivity index (χ1) is 12.3. The molecule has 1 atom stereocenters. The van der Waals surface area contributed by atoms with Crippen LogP contribution in [0.15, 0.2) is 66.2 Å². The Morgan fingerprint density at radius 3 is 2.84 bits per heavy atom. The topological polar surface area (TPSA) is 52.8 Å². The van der Waals surface area contributed by atoms with Crippen LogP contribution in [-0.2, 0) is 11.3 Å². The molecule has 3 aromatic rings. The summed E-state index contributed by atoms with van der Waals surface area (Å²) in [5.41, 5.74) is 1.03. The largest absolute Gasteiger partial charge is 0.485 e. The summed E-state index contributed by atoms with van der Waals surface area (Å²) < 4.78 is 14.4. The number of rotatable bonds is 3. The number of carbonyl (C=O) groups is 1. The summed E-state index contributed by atoms with van der Waals surface area (Å²) >= 11 is 1.47. The maximum Gasteiger partial charge on any atom is 0.292 e. The Balaban J connectivity index is 1.69. The van der Waals surface area contributed by atoms with E-state index in [1.165, 1.54) is 11.3 Å². The molecule has 126 valence electrons. The van der Waals surface area contributed by atoms with Gasteiger partial charge in [0.2, 0.25) is 6.10 Å². The van der Waals surface area contributed by atoms with Gasteiger partial charge >= 0.3 is 0 Å². The summed E-state index contributed by atoms with van der Waals surface area (Å²) in [5.74, 6) is 0.867. The Labute approximate surface area is 148 Å². The Morgan fingerprint density at radius 1 is 1.24 bits per heavy atom. The molecule has 1 aliphatic heterocycles. The monoisotopic (exact) mass is 352 g/mol. The van der Waals surface area contributed by atoms with Crippen LogP contribution in [-0.4, -0.2) is 23.2 Å². The standard InChI is InChI=1S/C19H16N2O3S/c1-2-11-21-13-7-3-6-10-17(13)25-19(21)20-18(22)16-12-23-14-8-4-5-9-15(14)24-16/h2-10,16H,1,11-12H2/t16-/m1/s1. The summed E-state index contributed by atoms with van der Waals surface area (Å²) in [6.45, 7) is 4.53. The number of nitrogens with zero attached hydrogens (tertiary/aromatic N) is 2.